The van der Waals surface area contributed by atoms with Crippen molar-refractivity contribution in [3.05, 3.63) is 39.9 Å². The minimum Gasteiger partial charge on any atom is -0.480 e. The van der Waals surface area contributed by atoms with E-state index in [9.17, 15) is 14.9 Å². The molecular formula is C12H20N2O4. The van der Waals surface area contributed by atoms with Crippen LogP contribution in [0.2, 0.25) is 0 Å². The number of carbonyl (C=O) groups is 1. The van der Waals surface area contributed by atoms with E-state index in [1.165, 1.54) is 24.3 Å². The van der Waals surface area contributed by atoms with E-state index < -0.39 is 16.9 Å². The molecule has 6 nitrogen and oxygen atoms in total. The van der Waals surface area contributed by atoms with Crippen molar-refractivity contribution in [2.45, 2.75) is 33.7 Å². The van der Waals surface area contributed by atoms with Crippen LogP contribution in [0.1, 0.15) is 26.8 Å². The minimum atomic E-state index is -1.09. The number of nitrogens with two attached hydrogens (primary N) is 1. The number of nitro benzene ring substituents is 1. The number of nitro groups is 1. The standard InChI is InChI=1S/C9H10N2O4.C2H6.CH4/c10-8(9(12)13)5-6-1-3-7(4-2-6)11(14)15;1-2;/h1-4,8H,5,10H2,(H,12,13);1-2H3;1H4. The molecule has 0 aliphatic heterocycles. The van der Waals surface area contributed by atoms with Gasteiger partial charge in [0.15, 0.2) is 0 Å². The quantitative estimate of drug-likeness (QED) is 0.634. The van der Waals surface area contributed by atoms with Crippen LogP contribution in [-0.2, 0) is 11.2 Å². The van der Waals surface area contributed by atoms with Crippen molar-refractivity contribution < 1.29 is 14.8 Å². The molecule has 0 aliphatic rings. The fraction of sp³-hybridized carbons (Fsp3) is 0.417. The van der Waals surface area contributed by atoms with Crippen LogP contribution in [0.5, 0.6) is 0 Å². The summed E-state index contributed by atoms with van der Waals surface area (Å²) in [4.78, 5) is 20.3. The molecule has 0 saturated heterocycles. The first-order chi connectivity index (χ1) is 8.00. The van der Waals surface area contributed by atoms with Crippen molar-refractivity contribution >= 4 is 11.7 Å². The predicted octanol–water partition coefficient (Wildman–Crippen LogP) is 2.21. The summed E-state index contributed by atoms with van der Waals surface area (Å²) in [6.45, 7) is 4.00. The second kappa shape index (κ2) is 9.12. The minimum absolute atomic E-state index is 0. The van der Waals surface area contributed by atoms with Crippen LogP contribution >= 0.6 is 0 Å². The number of rotatable bonds is 4. The van der Waals surface area contributed by atoms with E-state index in [2.05, 4.69) is 0 Å². The molecule has 0 saturated carbocycles. The largest absolute Gasteiger partial charge is 0.480 e. The van der Waals surface area contributed by atoms with Crippen LogP contribution in [0.4, 0.5) is 5.69 Å². The van der Waals surface area contributed by atoms with E-state index in [-0.39, 0.29) is 19.5 Å². The normalized spacial score (nSPS) is 10.4. The first-order valence-corrected chi connectivity index (χ1v) is 5.22. The molecule has 18 heavy (non-hydrogen) atoms. The topological polar surface area (TPSA) is 106 Å². The van der Waals surface area contributed by atoms with Gasteiger partial charge in [0.05, 0.1) is 4.92 Å². The van der Waals surface area contributed by atoms with Gasteiger partial charge in [0.1, 0.15) is 6.04 Å². The number of hydrogen-bond donors (Lipinski definition) is 2. The van der Waals surface area contributed by atoms with E-state index in [1.807, 2.05) is 13.8 Å². The Hall–Kier alpha value is -1.95. The SMILES string of the molecule is C.CC.NC(Cc1ccc([N+](=O)[O-])cc1)C(=O)O. The molecule has 0 spiro atoms. The third-order valence-corrected chi connectivity index (χ3v) is 1.92. The Balaban J connectivity index is 0. The van der Waals surface area contributed by atoms with E-state index in [0.29, 0.717) is 5.56 Å². The van der Waals surface area contributed by atoms with E-state index in [0.717, 1.165) is 0 Å². The van der Waals surface area contributed by atoms with Crippen LogP contribution < -0.4 is 5.73 Å². The fourth-order valence-electron chi connectivity index (χ4n) is 1.09. The summed E-state index contributed by atoms with van der Waals surface area (Å²) >= 11 is 0. The van der Waals surface area contributed by atoms with Gasteiger partial charge in [-0.15, -0.1) is 0 Å². The molecule has 6 heteroatoms. The van der Waals surface area contributed by atoms with Crippen LogP contribution in [0.3, 0.4) is 0 Å². The lowest BCUT2D eigenvalue weighted by Crippen LogP contribution is -2.32. The molecule has 0 radical (unpaired) electrons. The van der Waals surface area contributed by atoms with E-state index in [4.69, 9.17) is 10.8 Å². The summed E-state index contributed by atoms with van der Waals surface area (Å²) in [7, 11) is 0. The average molecular weight is 256 g/mol. The molecule has 1 unspecified atom stereocenters. The van der Waals surface area contributed by atoms with Crippen molar-refractivity contribution in [3.63, 3.8) is 0 Å². The third-order valence-electron chi connectivity index (χ3n) is 1.92. The van der Waals surface area contributed by atoms with Crippen molar-refractivity contribution in [3.8, 4) is 0 Å². The predicted molar refractivity (Wildman–Crippen MR) is 70.5 cm³/mol. The monoisotopic (exact) mass is 256 g/mol. The van der Waals surface area contributed by atoms with Gasteiger partial charge in [-0.2, -0.15) is 0 Å². The lowest BCUT2D eigenvalue weighted by molar-refractivity contribution is -0.384. The van der Waals surface area contributed by atoms with Gasteiger partial charge in [-0.25, -0.2) is 0 Å². The van der Waals surface area contributed by atoms with Crippen molar-refractivity contribution in [2.75, 3.05) is 0 Å². The molecule has 3 N–H and O–H groups in total. The molecule has 0 fully saturated rings. The molecule has 1 aromatic rings. The molecule has 1 atom stereocenters. The van der Waals surface area contributed by atoms with Crippen LogP contribution in [0.25, 0.3) is 0 Å². The lowest BCUT2D eigenvalue weighted by Gasteiger charge is -2.05. The Bertz CT molecular complexity index is 376. The Morgan fingerprint density at radius 2 is 1.83 bits per heavy atom. The summed E-state index contributed by atoms with van der Waals surface area (Å²) in [5.74, 6) is -1.09. The second-order valence-corrected chi connectivity index (χ2v) is 3.07. The molecule has 102 valence electrons. The van der Waals surface area contributed by atoms with Gasteiger partial charge < -0.3 is 10.8 Å². The van der Waals surface area contributed by atoms with Gasteiger partial charge in [0.2, 0.25) is 0 Å². The van der Waals surface area contributed by atoms with Crippen molar-refractivity contribution in [1.29, 1.82) is 0 Å². The number of aliphatic carboxylic acids is 1. The van der Waals surface area contributed by atoms with Gasteiger partial charge in [0.25, 0.3) is 5.69 Å². The number of non-ortho nitro benzene ring substituents is 1. The Kier molecular flexibility index (Phi) is 9.33. The summed E-state index contributed by atoms with van der Waals surface area (Å²) in [5.41, 5.74) is 5.95. The molecule has 0 heterocycles. The summed E-state index contributed by atoms with van der Waals surface area (Å²) in [6, 6.07) is 4.67. The molecule has 0 bridgehead atoms. The van der Waals surface area contributed by atoms with Crippen LogP contribution in [0.15, 0.2) is 24.3 Å². The number of benzene rings is 1. The molecule has 0 aromatic heterocycles. The number of carboxylic acids is 1. The Labute approximate surface area is 107 Å². The van der Waals surface area contributed by atoms with E-state index in [1.54, 1.807) is 0 Å². The highest BCUT2D eigenvalue weighted by Gasteiger charge is 2.12. The maximum absolute atomic E-state index is 10.4. The lowest BCUT2D eigenvalue weighted by atomic mass is 10.1. The average Bonchev–Trinajstić information content (AvgIpc) is 2.32. The first kappa shape index (κ1) is 18.4. The number of nitrogens with zero attached hydrogens (tertiary/aromatic N) is 1. The molecule has 1 aromatic carbocycles. The molecule has 1 rings (SSSR count). The summed E-state index contributed by atoms with van der Waals surface area (Å²) < 4.78 is 0. The van der Waals surface area contributed by atoms with E-state index >= 15 is 0 Å². The van der Waals surface area contributed by atoms with Crippen LogP contribution in [0, 0.1) is 10.1 Å². The highest BCUT2D eigenvalue weighted by atomic mass is 16.6. The first-order valence-electron chi connectivity index (χ1n) is 5.22. The zero-order valence-electron chi connectivity index (χ0n) is 9.79. The molecule has 0 aliphatic carbocycles. The summed E-state index contributed by atoms with van der Waals surface area (Å²) in [5, 5.41) is 18.9. The van der Waals surface area contributed by atoms with Gasteiger partial charge in [-0.3, -0.25) is 14.9 Å². The highest BCUT2D eigenvalue weighted by Crippen LogP contribution is 2.12. The van der Waals surface area contributed by atoms with Gasteiger partial charge in [-0.05, 0) is 12.0 Å². The maximum atomic E-state index is 10.4. The third kappa shape index (κ3) is 5.95. The zero-order chi connectivity index (χ0) is 13.4. The zero-order valence-corrected chi connectivity index (χ0v) is 9.79. The second-order valence-electron chi connectivity index (χ2n) is 3.07. The van der Waals surface area contributed by atoms with Gasteiger partial charge in [0, 0.05) is 12.1 Å². The number of hydrogen-bond acceptors (Lipinski definition) is 4. The maximum Gasteiger partial charge on any atom is 0.320 e. The highest BCUT2D eigenvalue weighted by molar-refractivity contribution is 5.73. The van der Waals surface area contributed by atoms with Gasteiger partial charge in [-0.1, -0.05) is 33.4 Å². The van der Waals surface area contributed by atoms with Crippen molar-refractivity contribution in [2.24, 2.45) is 5.73 Å². The van der Waals surface area contributed by atoms with Crippen LogP contribution in [-0.4, -0.2) is 22.0 Å². The Morgan fingerprint density at radius 1 is 1.39 bits per heavy atom. The molecule has 0 amide bonds. The Morgan fingerprint density at radius 3 is 2.17 bits per heavy atom. The summed E-state index contributed by atoms with van der Waals surface area (Å²) in [6.07, 6.45) is 0.160. The smallest absolute Gasteiger partial charge is 0.320 e. The van der Waals surface area contributed by atoms with Crippen molar-refractivity contribution in [1.82, 2.24) is 0 Å². The molecular weight excluding hydrogens is 236 g/mol. The van der Waals surface area contributed by atoms with Gasteiger partial charge >= 0.3 is 5.97 Å². The number of carboxylic acid groups (broad SMARTS) is 1. The fourth-order valence-corrected chi connectivity index (χ4v) is 1.09.